The lowest BCUT2D eigenvalue weighted by Gasteiger charge is -2.45. The number of rotatable bonds is 3. The maximum absolute atomic E-state index is 11.5. The first-order valence-corrected chi connectivity index (χ1v) is 6.15. The largest absolute Gasteiger partial charge is 0.370 e. The van der Waals surface area contributed by atoms with Crippen LogP contribution in [0.4, 0.5) is 5.69 Å². The second-order valence-electron chi connectivity index (χ2n) is 4.56. The van der Waals surface area contributed by atoms with E-state index in [-0.39, 0.29) is 5.91 Å². The van der Waals surface area contributed by atoms with E-state index in [2.05, 4.69) is 28.2 Å². The van der Waals surface area contributed by atoms with Crippen LogP contribution in [0.2, 0.25) is 0 Å². The average Bonchev–Trinajstić information content (AvgIpc) is 2.18. The molecule has 1 aromatic carbocycles. The molecule has 0 bridgehead atoms. The second kappa shape index (κ2) is 4.09. The smallest absolute Gasteiger partial charge is 0.243 e. The molecule has 4 heteroatoms. The summed E-state index contributed by atoms with van der Waals surface area (Å²) in [4.78, 5) is 11.5. The van der Waals surface area contributed by atoms with Gasteiger partial charge in [0.15, 0.2) is 0 Å². The van der Waals surface area contributed by atoms with Crippen molar-refractivity contribution in [2.24, 2.45) is 11.7 Å². The summed E-state index contributed by atoms with van der Waals surface area (Å²) < 4.78 is 0.954. The quantitative estimate of drug-likeness (QED) is 0.895. The monoisotopic (exact) mass is 282 g/mol. The summed E-state index contributed by atoms with van der Waals surface area (Å²) >= 11 is 3.45. The highest BCUT2D eigenvalue weighted by Gasteiger charge is 2.47. The molecule has 1 aromatic rings. The lowest BCUT2D eigenvalue weighted by atomic mass is 9.68. The number of primary amides is 1. The number of nitrogens with two attached hydrogens (primary N) is 1. The molecule has 3 N–H and O–H groups in total. The molecule has 0 aliphatic heterocycles. The highest BCUT2D eigenvalue weighted by Crippen LogP contribution is 2.41. The second-order valence-corrected chi connectivity index (χ2v) is 5.42. The van der Waals surface area contributed by atoms with Gasteiger partial charge in [-0.05, 0) is 46.8 Å². The van der Waals surface area contributed by atoms with Gasteiger partial charge >= 0.3 is 0 Å². The summed E-state index contributed by atoms with van der Waals surface area (Å²) in [5, 5.41) is 3.27. The fraction of sp³-hybridized carbons (Fsp3) is 0.417. The molecule has 2 rings (SSSR count). The Bertz CT molecular complexity index is 413. The average molecular weight is 283 g/mol. The Morgan fingerprint density at radius 1 is 1.50 bits per heavy atom. The number of nitrogens with one attached hydrogen (secondary N) is 1. The van der Waals surface area contributed by atoms with Gasteiger partial charge in [0.2, 0.25) is 5.91 Å². The van der Waals surface area contributed by atoms with Crippen LogP contribution in [0.15, 0.2) is 28.7 Å². The molecule has 1 saturated carbocycles. The van der Waals surface area contributed by atoms with E-state index in [1.54, 1.807) is 0 Å². The molecule has 1 aliphatic carbocycles. The molecular formula is C12H15BrN2O. The number of carbonyl (C=O) groups excluding carboxylic acids is 1. The molecule has 0 atom stereocenters. The molecular weight excluding hydrogens is 268 g/mol. The van der Waals surface area contributed by atoms with E-state index >= 15 is 0 Å². The summed E-state index contributed by atoms with van der Waals surface area (Å²) in [6.45, 7) is 2.13. The Kier molecular flexibility index (Phi) is 2.93. The van der Waals surface area contributed by atoms with Crippen LogP contribution in [0.1, 0.15) is 19.8 Å². The van der Waals surface area contributed by atoms with Crippen molar-refractivity contribution in [1.29, 1.82) is 0 Å². The van der Waals surface area contributed by atoms with Crippen LogP contribution < -0.4 is 11.1 Å². The Morgan fingerprint density at radius 2 is 2.12 bits per heavy atom. The molecule has 0 unspecified atom stereocenters. The topological polar surface area (TPSA) is 55.1 Å². The number of halogens is 1. The van der Waals surface area contributed by atoms with Gasteiger partial charge in [-0.1, -0.05) is 19.1 Å². The zero-order valence-corrected chi connectivity index (χ0v) is 10.8. The van der Waals surface area contributed by atoms with E-state index in [0.717, 1.165) is 23.0 Å². The zero-order valence-electron chi connectivity index (χ0n) is 9.16. The lowest BCUT2D eigenvalue weighted by molar-refractivity contribution is -0.126. The summed E-state index contributed by atoms with van der Waals surface area (Å²) in [6.07, 6.45) is 1.62. The van der Waals surface area contributed by atoms with Crippen molar-refractivity contribution in [3.8, 4) is 0 Å². The third-order valence-corrected chi connectivity index (χ3v) is 3.80. The number of anilines is 1. The first-order valence-electron chi connectivity index (χ1n) is 5.36. The SMILES string of the molecule is CC1CC(Nc2ccccc2Br)(C(N)=O)C1. The Morgan fingerprint density at radius 3 is 2.62 bits per heavy atom. The van der Waals surface area contributed by atoms with Gasteiger partial charge < -0.3 is 11.1 Å². The van der Waals surface area contributed by atoms with Crippen LogP contribution in [0, 0.1) is 5.92 Å². The van der Waals surface area contributed by atoms with E-state index in [1.165, 1.54) is 0 Å². The fourth-order valence-corrected chi connectivity index (χ4v) is 2.70. The summed E-state index contributed by atoms with van der Waals surface area (Å²) in [7, 11) is 0. The van der Waals surface area contributed by atoms with Crippen molar-refractivity contribution in [2.45, 2.75) is 25.3 Å². The molecule has 1 amide bonds. The summed E-state index contributed by atoms with van der Waals surface area (Å²) in [5.41, 5.74) is 5.85. The molecule has 0 radical (unpaired) electrons. The maximum atomic E-state index is 11.5. The minimum Gasteiger partial charge on any atom is -0.370 e. The van der Waals surface area contributed by atoms with E-state index in [4.69, 9.17) is 5.73 Å². The normalized spacial score (nSPS) is 28.2. The highest BCUT2D eigenvalue weighted by molar-refractivity contribution is 9.10. The van der Waals surface area contributed by atoms with Gasteiger partial charge in [0.25, 0.3) is 0 Å². The molecule has 3 nitrogen and oxygen atoms in total. The molecule has 16 heavy (non-hydrogen) atoms. The molecule has 86 valence electrons. The van der Waals surface area contributed by atoms with Crippen molar-refractivity contribution in [1.82, 2.24) is 0 Å². The van der Waals surface area contributed by atoms with Crippen molar-refractivity contribution < 1.29 is 4.79 Å². The summed E-state index contributed by atoms with van der Waals surface area (Å²) in [6, 6.07) is 7.76. The van der Waals surface area contributed by atoms with E-state index < -0.39 is 5.54 Å². The van der Waals surface area contributed by atoms with Gasteiger partial charge in [0.1, 0.15) is 5.54 Å². The van der Waals surface area contributed by atoms with Crippen LogP contribution >= 0.6 is 15.9 Å². The molecule has 1 fully saturated rings. The number of hydrogen-bond donors (Lipinski definition) is 2. The molecule has 0 heterocycles. The number of carbonyl (C=O) groups is 1. The van der Waals surface area contributed by atoms with Crippen LogP contribution in [0.5, 0.6) is 0 Å². The predicted octanol–water partition coefficient (Wildman–Crippen LogP) is 2.52. The number of hydrogen-bond acceptors (Lipinski definition) is 2. The van der Waals surface area contributed by atoms with Crippen LogP contribution in [0.3, 0.4) is 0 Å². The van der Waals surface area contributed by atoms with Crippen molar-refractivity contribution in [3.63, 3.8) is 0 Å². The summed E-state index contributed by atoms with van der Waals surface area (Å²) in [5.74, 6) is 0.295. The predicted molar refractivity (Wildman–Crippen MR) is 68.1 cm³/mol. The minimum atomic E-state index is -0.552. The van der Waals surface area contributed by atoms with Crippen molar-refractivity contribution in [3.05, 3.63) is 28.7 Å². The standard InChI is InChI=1S/C12H15BrN2O/c1-8-6-12(7-8,11(14)16)15-10-5-3-2-4-9(10)13/h2-5,8,15H,6-7H2,1H3,(H2,14,16). The molecule has 1 aliphatic rings. The van der Waals surface area contributed by atoms with Crippen LogP contribution in [-0.2, 0) is 4.79 Å². The number of para-hydroxylation sites is 1. The Hall–Kier alpha value is -1.03. The van der Waals surface area contributed by atoms with E-state index in [9.17, 15) is 4.79 Å². The molecule has 0 aromatic heterocycles. The highest BCUT2D eigenvalue weighted by atomic mass is 79.9. The molecule has 0 saturated heterocycles. The first kappa shape index (κ1) is 11.5. The first-order chi connectivity index (χ1) is 7.53. The molecule has 0 spiro atoms. The van der Waals surface area contributed by atoms with Gasteiger partial charge in [-0.3, -0.25) is 4.79 Å². The van der Waals surface area contributed by atoms with E-state index in [1.807, 2.05) is 24.3 Å². The number of amides is 1. The fourth-order valence-electron chi connectivity index (χ4n) is 2.32. The van der Waals surface area contributed by atoms with Gasteiger partial charge in [-0.25, -0.2) is 0 Å². The van der Waals surface area contributed by atoms with Crippen molar-refractivity contribution >= 4 is 27.5 Å². The van der Waals surface area contributed by atoms with Gasteiger partial charge in [0.05, 0.1) is 0 Å². The third kappa shape index (κ3) is 1.94. The Balaban J connectivity index is 2.20. The maximum Gasteiger partial charge on any atom is 0.243 e. The minimum absolute atomic E-state index is 0.263. The lowest BCUT2D eigenvalue weighted by Crippen LogP contribution is -2.58. The van der Waals surface area contributed by atoms with Gasteiger partial charge in [-0.2, -0.15) is 0 Å². The zero-order chi connectivity index (χ0) is 11.8. The third-order valence-electron chi connectivity index (χ3n) is 3.11. The van der Waals surface area contributed by atoms with Crippen molar-refractivity contribution in [2.75, 3.05) is 5.32 Å². The van der Waals surface area contributed by atoms with Crippen LogP contribution in [-0.4, -0.2) is 11.4 Å². The Labute approximate surface area is 104 Å². The van der Waals surface area contributed by atoms with Gasteiger partial charge in [0, 0.05) is 10.2 Å². The van der Waals surface area contributed by atoms with E-state index in [0.29, 0.717) is 5.92 Å². The number of benzene rings is 1. The van der Waals surface area contributed by atoms with Gasteiger partial charge in [-0.15, -0.1) is 0 Å². The van der Waals surface area contributed by atoms with Crippen LogP contribution in [0.25, 0.3) is 0 Å².